The molecule has 1 fully saturated rings. The summed E-state index contributed by atoms with van der Waals surface area (Å²) in [6.45, 7) is 3.58. The van der Waals surface area contributed by atoms with Gasteiger partial charge in [-0.05, 0) is 50.1 Å². The normalized spacial score (nSPS) is 17.8. The van der Waals surface area contributed by atoms with Crippen LogP contribution in [0.3, 0.4) is 0 Å². The predicted octanol–water partition coefficient (Wildman–Crippen LogP) is 3.55. The summed E-state index contributed by atoms with van der Waals surface area (Å²) in [5.41, 5.74) is 2.82. The number of nitrogens with one attached hydrogen (secondary N) is 1. The Bertz CT molecular complexity index is 1150. The minimum absolute atomic E-state index is 0.201. The van der Waals surface area contributed by atoms with Crippen LogP contribution in [0.2, 0.25) is 0 Å². The molecule has 2 aliphatic rings. The molecule has 0 radical (unpaired) electrons. The summed E-state index contributed by atoms with van der Waals surface area (Å²) < 4.78 is 15.9. The van der Waals surface area contributed by atoms with E-state index in [1.54, 1.807) is 0 Å². The van der Waals surface area contributed by atoms with Crippen molar-refractivity contribution in [2.24, 2.45) is 0 Å². The van der Waals surface area contributed by atoms with E-state index in [-0.39, 0.29) is 18.8 Å². The summed E-state index contributed by atoms with van der Waals surface area (Å²) in [7, 11) is 1.43. The maximum atomic E-state index is 12.1. The molecule has 0 aliphatic carbocycles. The van der Waals surface area contributed by atoms with Crippen LogP contribution in [0.25, 0.3) is 10.9 Å². The summed E-state index contributed by atoms with van der Waals surface area (Å²) in [5.74, 6) is 2.63. The average molecular weight is 420 g/mol. The van der Waals surface area contributed by atoms with E-state index in [0.29, 0.717) is 18.1 Å². The van der Waals surface area contributed by atoms with Gasteiger partial charge in [-0.1, -0.05) is 12.1 Å². The van der Waals surface area contributed by atoms with Crippen molar-refractivity contribution >= 4 is 28.4 Å². The lowest BCUT2D eigenvalue weighted by Gasteiger charge is -2.22. The zero-order chi connectivity index (χ0) is 21.4. The van der Waals surface area contributed by atoms with Gasteiger partial charge in [0.2, 0.25) is 6.79 Å². The van der Waals surface area contributed by atoms with Crippen LogP contribution in [0.15, 0.2) is 36.4 Å². The van der Waals surface area contributed by atoms with E-state index in [2.05, 4.69) is 10.2 Å². The van der Waals surface area contributed by atoms with Gasteiger partial charge < -0.3 is 19.5 Å². The molecule has 2 aromatic carbocycles. The number of carbonyl (C=O) groups is 1. The van der Waals surface area contributed by atoms with Gasteiger partial charge in [-0.3, -0.25) is 9.69 Å². The number of aromatic nitrogens is 2. The van der Waals surface area contributed by atoms with Crippen molar-refractivity contribution in [3.05, 3.63) is 47.8 Å². The van der Waals surface area contributed by atoms with E-state index < -0.39 is 0 Å². The first-order valence-corrected chi connectivity index (χ1v) is 10.4. The molecule has 5 rings (SSSR count). The third-order valence-corrected chi connectivity index (χ3v) is 5.79. The Morgan fingerprint density at radius 2 is 2.10 bits per heavy atom. The summed E-state index contributed by atoms with van der Waals surface area (Å²) in [5, 5.41) is 4.35. The molecule has 1 aromatic heterocycles. The maximum absolute atomic E-state index is 12.1. The van der Waals surface area contributed by atoms with Crippen LogP contribution >= 0.6 is 0 Å². The number of para-hydroxylation sites is 1. The fourth-order valence-electron chi connectivity index (χ4n) is 4.22. The number of ether oxygens (including phenoxy) is 3. The van der Waals surface area contributed by atoms with Gasteiger partial charge in [-0.15, -0.1) is 0 Å². The Morgan fingerprint density at radius 3 is 2.97 bits per heavy atom. The third-order valence-electron chi connectivity index (χ3n) is 5.79. The molecule has 3 heterocycles. The number of hydrogen-bond acceptors (Lipinski definition) is 8. The predicted molar refractivity (Wildman–Crippen MR) is 116 cm³/mol. The Balaban J connectivity index is 1.50. The Labute approximate surface area is 180 Å². The first-order chi connectivity index (χ1) is 15.1. The lowest BCUT2D eigenvalue weighted by Crippen LogP contribution is -2.36. The molecule has 8 nitrogen and oxygen atoms in total. The summed E-state index contributed by atoms with van der Waals surface area (Å²) >= 11 is 0. The van der Waals surface area contributed by atoms with Crippen molar-refractivity contribution in [1.29, 1.82) is 0 Å². The van der Waals surface area contributed by atoms with E-state index in [0.717, 1.165) is 53.1 Å². The van der Waals surface area contributed by atoms with Crippen molar-refractivity contribution in [3.63, 3.8) is 0 Å². The molecule has 0 saturated carbocycles. The van der Waals surface area contributed by atoms with E-state index in [1.165, 1.54) is 7.11 Å². The Morgan fingerprint density at radius 1 is 1.23 bits per heavy atom. The molecule has 8 heteroatoms. The molecule has 1 saturated heterocycles. The highest BCUT2D eigenvalue weighted by atomic mass is 16.7. The zero-order valence-electron chi connectivity index (χ0n) is 17.6. The Hall–Kier alpha value is -3.39. The van der Waals surface area contributed by atoms with Crippen LogP contribution in [0.5, 0.6) is 11.5 Å². The second kappa shape index (κ2) is 8.03. The standard InChI is InChI=1S/C23H24N4O4/c1-14-5-3-6-16-21(14)25-20(12-27-10-4-7-17(27)23(28)29-2)26-22(16)24-15-8-9-18-19(11-15)31-13-30-18/h3,5-6,8-9,11,17H,4,7,10,12-13H2,1-2H3,(H,24,25,26)/t17-/m0/s1. The molecule has 1 atom stereocenters. The van der Waals surface area contributed by atoms with Crippen LogP contribution in [0.1, 0.15) is 24.2 Å². The highest BCUT2D eigenvalue weighted by Gasteiger charge is 2.32. The van der Waals surface area contributed by atoms with Gasteiger partial charge >= 0.3 is 5.97 Å². The maximum Gasteiger partial charge on any atom is 0.323 e. The van der Waals surface area contributed by atoms with Gasteiger partial charge in [-0.2, -0.15) is 0 Å². The molecule has 3 aromatic rings. The molecule has 2 aliphatic heterocycles. The Kier molecular flexibility index (Phi) is 5.07. The third kappa shape index (κ3) is 3.74. The largest absolute Gasteiger partial charge is 0.468 e. The summed E-state index contributed by atoms with van der Waals surface area (Å²) in [6, 6.07) is 11.5. The van der Waals surface area contributed by atoms with Crippen LogP contribution in [0.4, 0.5) is 11.5 Å². The topological polar surface area (TPSA) is 85.8 Å². The number of benzene rings is 2. The van der Waals surface area contributed by atoms with Crippen molar-refractivity contribution in [3.8, 4) is 11.5 Å². The van der Waals surface area contributed by atoms with Gasteiger partial charge in [0.15, 0.2) is 11.5 Å². The van der Waals surface area contributed by atoms with Crippen molar-refractivity contribution in [1.82, 2.24) is 14.9 Å². The SMILES string of the molecule is COC(=O)[C@@H]1CCCN1Cc1nc(Nc2ccc3c(c2)OCO3)c2cccc(C)c2n1. The lowest BCUT2D eigenvalue weighted by atomic mass is 10.1. The number of aryl methyl sites for hydroxylation is 1. The molecular weight excluding hydrogens is 396 g/mol. The number of nitrogens with zero attached hydrogens (tertiary/aromatic N) is 3. The van der Waals surface area contributed by atoms with Crippen LogP contribution in [0, 0.1) is 6.92 Å². The second-order valence-corrected chi connectivity index (χ2v) is 7.80. The summed E-state index contributed by atoms with van der Waals surface area (Å²) in [6.07, 6.45) is 1.75. The number of carbonyl (C=O) groups excluding carboxylic acids is 1. The quantitative estimate of drug-likeness (QED) is 0.628. The van der Waals surface area contributed by atoms with Crippen molar-refractivity contribution in [2.45, 2.75) is 32.4 Å². The summed E-state index contributed by atoms with van der Waals surface area (Å²) in [4.78, 5) is 23.9. The van der Waals surface area contributed by atoms with Gasteiger partial charge in [0.25, 0.3) is 0 Å². The molecule has 31 heavy (non-hydrogen) atoms. The van der Waals surface area contributed by atoms with Crippen LogP contribution < -0.4 is 14.8 Å². The number of hydrogen-bond donors (Lipinski definition) is 1. The first kappa shape index (κ1) is 19.6. The number of methoxy groups -OCH3 is 1. The van der Waals surface area contributed by atoms with Crippen molar-refractivity contribution in [2.75, 3.05) is 25.8 Å². The van der Waals surface area contributed by atoms with E-state index in [9.17, 15) is 4.79 Å². The van der Waals surface area contributed by atoms with Gasteiger partial charge in [-0.25, -0.2) is 9.97 Å². The number of likely N-dealkylation sites (tertiary alicyclic amines) is 1. The molecule has 160 valence electrons. The monoisotopic (exact) mass is 420 g/mol. The van der Waals surface area contributed by atoms with E-state index in [1.807, 2.05) is 43.3 Å². The van der Waals surface area contributed by atoms with E-state index >= 15 is 0 Å². The number of fused-ring (bicyclic) bond motifs is 2. The van der Waals surface area contributed by atoms with Crippen molar-refractivity contribution < 1.29 is 19.0 Å². The van der Waals surface area contributed by atoms with Gasteiger partial charge in [0.1, 0.15) is 17.7 Å². The fraction of sp³-hybridized carbons (Fsp3) is 0.348. The lowest BCUT2D eigenvalue weighted by molar-refractivity contribution is -0.146. The minimum Gasteiger partial charge on any atom is -0.468 e. The highest BCUT2D eigenvalue weighted by Crippen LogP contribution is 2.36. The molecular formula is C23H24N4O4. The van der Waals surface area contributed by atoms with E-state index in [4.69, 9.17) is 24.2 Å². The van der Waals surface area contributed by atoms with Crippen LogP contribution in [-0.4, -0.2) is 47.3 Å². The number of esters is 1. The van der Waals surface area contributed by atoms with Gasteiger partial charge in [0, 0.05) is 17.1 Å². The molecule has 0 unspecified atom stereocenters. The fourth-order valence-corrected chi connectivity index (χ4v) is 4.22. The van der Waals surface area contributed by atoms with Gasteiger partial charge in [0.05, 0.1) is 19.2 Å². The second-order valence-electron chi connectivity index (χ2n) is 7.80. The average Bonchev–Trinajstić information content (AvgIpc) is 3.43. The zero-order valence-corrected chi connectivity index (χ0v) is 17.6. The van der Waals surface area contributed by atoms with Crippen LogP contribution in [-0.2, 0) is 16.1 Å². The molecule has 0 spiro atoms. The molecule has 0 bridgehead atoms. The highest BCUT2D eigenvalue weighted by molar-refractivity contribution is 5.92. The first-order valence-electron chi connectivity index (χ1n) is 10.4. The minimum atomic E-state index is -0.244. The molecule has 1 N–H and O–H groups in total. The number of anilines is 2. The molecule has 0 amide bonds. The smallest absolute Gasteiger partial charge is 0.323 e. The number of rotatable bonds is 5.